The molecule has 0 saturated heterocycles. The van der Waals surface area contributed by atoms with Crippen molar-refractivity contribution in [3.05, 3.63) is 46.3 Å². The van der Waals surface area contributed by atoms with Gasteiger partial charge in [0.15, 0.2) is 5.65 Å². The summed E-state index contributed by atoms with van der Waals surface area (Å²) in [7, 11) is 0. The molecule has 2 aromatic heterocycles. The van der Waals surface area contributed by atoms with Gasteiger partial charge in [-0.3, -0.25) is 5.10 Å². The van der Waals surface area contributed by atoms with Crippen molar-refractivity contribution in [2.45, 2.75) is 38.3 Å². The third kappa shape index (κ3) is 2.94. The molecule has 0 amide bonds. The number of nitrogens with zero attached hydrogens (tertiary/aromatic N) is 4. The zero-order chi connectivity index (χ0) is 16.5. The van der Waals surface area contributed by atoms with Gasteiger partial charge in [-0.15, -0.1) is 0 Å². The van der Waals surface area contributed by atoms with Gasteiger partial charge >= 0.3 is 0 Å². The average Bonchev–Trinajstić information content (AvgIpc) is 3.26. The molecule has 24 heavy (non-hydrogen) atoms. The highest BCUT2D eigenvalue weighted by atomic mass is 35.5. The minimum absolute atomic E-state index is 0.465. The molecule has 0 atom stereocenters. The third-order valence-electron chi connectivity index (χ3n) is 4.60. The van der Waals surface area contributed by atoms with Crippen LogP contribution < -0.4 is 4.90 Å². The summed E-state index contributed by atoms with van der Waals surface area (Å²) in [5.41, 5.74) is 1.88. The number of rotatable bonds is 4. The summed E-state index contributed by atoms with van der Waals surface area (Å²) in [6.07, 6.45) is 8.23. The van der Waals surface area contributed by atoms with E-state index in [9.17, 15) is 0 Å². The van der Waals surface area contributed by atoms with Crippen LogP contribution >= 0.6 is 23.2 Å². The number of benzene rings is 1. The van der Waals surface area contributed by atoms with E-state index in [1.165, 1.54) is 25.7 Å². The van der Waals surface area contributed by atoms with E-state index in [1.54, 1.807) is 12.5 Å². The van der Waals surface area contributed by atoms with Crippen molar-refractivity contribution in [3.8, 4) is 0 Å². The molecule has 124 valence electrons. The quantitative estimate of drug-likeness (QED) is 0.736. The second kappa shape index (κ2) is 6.57. The molecule has 7 heteroatoms. The van der Waals surface area contributed by atoms with Gasteiger partial charge in [0.2, 0.25) is 0 Å². The Hall–Kier alpha value is -1.85. The Morgan fingerprint density at radius 2 is 1.96 bits per heavy atom. The van der Waals surface area contributed by atoms with E-state index >= 15 is 0 Å². The molecular formula is C17H17Cl2N5. The molecule has 1 N–H and O–H groups in total. The topological polar surface area (TPSA) is 57.7 Å². The van der Waals surface area contributed by atoms with Crippen molar-refractivity contribution in [1.29, 1.82) is 0 Å². The van der Waals surface area contributed by atoms with Crippen molar-refractivity contribution >= 4 is 40.1 Å². The summed E-state index contributed by atoms with van der Waals surface area (Å²) < 4.78 is 0. The van der Waals surface area contributed by atoms with Crippen LogP contribution in [0.2, 0.25) is 10.0 Å². The Labute approximate surface area is 150 Å². The molecule has 1 aromatic carbocycles. The maximum absolute atomic E-state index is 6.19. The second-order valence-corrected chi connectivity index (χ2v) is 6.96. The molecule has 3 aromatic rings. The average molecular weight is 362 g/mol. The largest absolute Gasteiger partial charge is 0.349 e. The first-order valence-electron chi connectivity index (χ1n) is 8.07. The Balaban J connectivity index is 1.74. The molecule has 4 rings (SSSR count). The zero-order valence-corrected chi connectivity index (χ0v) is 14.6. The van der Waals surface area contributed by atoms with E-state index in [4.69, 9.17) is 23.2 Å². The number of hydrogen-bond donors (Lipinski definition) is 1. The molecule has 0 unspecified atom stereocenters. The number of nitrogens with one attached hydrogen (secondary N) is 1. The highest BCUT2D eigenvalue weighted by molar-refractivity contribution is 6.42. The number of H-pyrrole nitrogens is 1. The SMILES string of the molecule is Clc1ccc(CN(c2ncnc3[nH]ncc23)C2CCCC2)cc1Cl. The molecule has 0 bridgehead atoms. The van der Waals surface area contributed by atoms with Gasteiger partial charge in [-0.25, -0.2) is 9.97 Å². The summed E-state index contributed by atoms with van der Waals surface area (Å²) in [6, 6.07) is 6.26. The maximum atomic E-state index is 6.19. The van der Waals surface area contributed by atoms with E-state index in [1.807, 2.05) is 18.2 Å². The van der Waals surface area contributed by atoms with Crippen LogP contribution in [0.25, 0.3) is 11.0 Å². The van der Waals surface area contributed by atoms with Gasteiger partial charge in [-0.05, 0) is 30.5 Å². The standard InChI is InChI=1S/C17H17Cl2N5/c18-14-6-5-11(7-15(14)19)9-24(12-3-1-2-4-12)17-13-8-22-23-16(13)20-10-21-17/h5-8,10,12H,1-4,9H2,(H,20,21,22,23). The van der Waals surface area contributed by atoms with Crippen LogP contribution in [0.1, 0.15) is 31.2 Å². The summed E-state index contributed by atoms with van der Waals surface area (Å²) in [6.45, 7) is 0.735. The van der Waals surface area contributed by atoms with Crippen molar-refractivity contribution < 1.29 is 0 Å². The monoisotopic (exact) mass is 361 g/mol. The minimum atomic E-state index is 0.465. The fourth-order valence-electron chi connectivity index (χ4n) is 3.41. The fraction of sp³-hybridized carbons (Fsp3) is 0.353. The Bertz CT molecular complexity index is 857. The third-order valence-corrected chi connectivity index (χ3v) is 5.34. The van der Waals surface area contributed by atoms with Gasteiger partial charge < -0.3 is 4.90 Å². The predicted molar refractivity (Wildman–Crippen MR) is 96.6 cm³/mol. The zero-order valence-electron chi connectivity index (χ0n) is 13.0. The lowest BCUT2D eigenvalue weighted by atomic mass is 10.1. The summed E-state index contributed by atoms with van der Waals surface area (Å²) >= 11 is 12.2. The first kappa shape index (κ1) is 15.7. The van der Waals surface area contributed by atoms with Gasteiger partial charge in [-0.1, -0.05) is 42.1 Å². The van der Waals surface area contributed by atoms with Crippen molar-refractivity contribution in [3.63, 3.8) is 0 Å². The van der Waals surface area contributed by atoms with Crippen molar-refractivity contribution in [2.75, 3.05) is 4.90 Å². The van der Waals surface area contributed by atoms with Crippen LogP contribution in [0.4, 0.5) is 5.82 Å². The van der Waals surface area contributed by atoms with Crippen LogP contribution in [-0.4, -0.2) is 26.2 Å². The smallest absolute Gasteiger partial charge is 0.160 e. The molecule has 1 fully saturated rings. The van der Waals surface area contributed by atoms with E-state index in [0.717, 1.165) is 29.0 Å². The number of anilines is 1. The van der Waals surface area contributed by atoms with Crippen LogP contribution in [0.15, 0.2) is 30.7 Å². The van der Waals surface area contributed by atoms with E-state index < -0.39 is 0 Å². The lowest BCUT2D eigenvalue weighted by Gasteiger charge is -2.30. The normalized spacial score (nSPS) is 15.2. The minimum Gasteiger partial charge on any atom is -0.349 e. The van der Waals surface area contributed by atoms with E-state index in [0.29, 0.717) is 16.1 Å². The van der Waals surface area contributed by atoms with Gasteiger partial charge in [0.25, 0.3) is 0 Å². The Morgan fingerprint density at radius 1 is 1.12 bits per heavy atom. The highest BCUT2D eigenvalue weighted by Gasteiger charge is 2.26. The van der Waals surface area contributed by atoms with Gasteiger partial charge in [0.1, 0.15) is 12.1 Å². The maximum Gasteiger partial charge on any atom is 0.160 e. The molecule has 1 aliphatic rings. The number of fused-ring (bicyclic) bond motifs is 1. The Morgan fingerprint density at radius 3 is 2.75 bits per heavy atom. The predicted octanol–water partition coefficient (Wildman–Crippen LogP) is 4.61. The van der Waals surface area contributed by atoms with Crippen LogP contribution in [0.3, 0.4) is 0 Å². The number of halogens is 2. The first-order valence-corrected chi connectivity index (χ1v) is 8.82. The van der Waals surface area contributed by atoms with Gasteiger partial charge in [0.05, 0.1) is 21.6 Å². The second-order valence-electron chi connectivity index (χ2n) is 6.14. The van der Waals surface area contributed by atoms with Crippen LogP contribution in [0.5, 0.6) is 0 Å². The van der Waals surface area contributed by atoms with E-state index in [2.05, 4.69) is 25.1 Å². The fourth-order valence-corrected chi connectivity index (χ4v) is 3.73. The Kier molecular flexibility index (Phi) is 4.29. The van der Waals surface area contributed by atoms with Crippen LogP contribution in [0, 0.1) is 0 Å². The molecule has 1 saturated carbocycles. The molecule has 2 heterocycles. The summed E-state index contributed by atoms with van der Waals surface area (Å²) in [4.78, 5) is 11.2. The lowest BCUT2D eigenvalue weighted by Crippen LogP contribution is -2.33. The van der Waals surface area contributed by atoms with E-state index in [-0.39, 0.29) is 0 Å². The van der Waals surface area contributed by atoms with Crippen LogP contribution in [-0.2, 0) is 6.54 Å². The van der Waals surface area contributed by atoms with Gasteiger partial charge in [-0.2, -0.15) is 5.10 Å². The molecule has 5 nitrogen and oxygen atoms in total. The van der Waals surface area contributed by atoms with Crippen molar-refractivity contribution in [1.82, 2.24) is 20.2 Å². The van der Waals surface area contributed by atoms with Gasteiger partial charge in [0, 0.05) is 12.6 Å². The highest BCUT2D eigenvalue weighted by Crippen LogP contribution is 2.32. The molecule has 0 radical (unpaired) electrons. The molecular weight excluding hydrogens is 345 g/mol. The number of aromatic amines is 1. The number of aromatic nitrogens is 4. The summed E-state index contributed by atoms with van der Waals surface area (Å²) in [5, 5.41) is 9.14. The first-order chi connectivity index (χ1) is 11.7. The lowest BCUT2D eigenvalue weighted by molar-refractivity contribution is 0.599. The summed E-state index contributed by atoms with van der Waals surface area (Å²) in [5.74, 6) is 0.923. The number of hydrogen-bond acceptors (Lipinski definition) is 4. The van der Waals surface area contributed by atoms with Crippen molar-refractivity contribution in [2.24, 2.45) is 0 Å². The molecule has 0 spiro atoms. The molecule has 0 aliphatic heterocycles. The molecule has 1 aliphatic carbocycles.